The van der Waals surface area contributed by atoms with Crippen molar-refractivity contribution in [3.05, 3.63) is 23.0 Å². The summed E-state index contributed by atoms with van der Waals surface area (Å²) in [7, 11) is 0. The quantitative estimate of drug-likeness (QED) is 0.903. The Morgan fingerprint density at radius 3 is 2.33 bits per heavy atom. The number of aromatic carboxylic acids is 1. The molecule has 1 aliphatic rings. The molecule has 0 bridgehead atoms. The number of pyridine rings is 1. The van der Waals surface area contributed by atoms with Crippen molar-refractivity contribution in [1.82, 2.24) is 4.98 Å². The maximum atomic E-state index is 11.6. The first-order valence-electron chi connectivity index (χ1n) is 7.66. The minimum Gasteiger partial charge on any atom is -0.478 e. The molecule has 1 aromatic heterocycles. The van der Waals surface area contributed by atoms with Gasteiger partial charge in [-0.3, -0.25) is 4.98 Å². The van der Waals surface area contributed by atoms with Crippen LogP contribution in [0.5, 0.6) is 0 Å². The molecule has 0 unspecified atom stereocenters. The summed E-state index contributed by atoms with van der Waals surface area (Å²) in [6.45, 7) is 12.4. The van der Waals surface area contributed by atoms with Gasteiger partial charge in [0.1, 0.15) is 5.56 Å². The smallest absolute Gasteiger partial charge is 0.339 e. The van der Waals surface area contributed by atoms with Gasteiger partial charge in [0.15, 0.2) is 0 Å². The summed E-state index contributed by atoms with van der Waals surface area (Å²) in [5, 5.41) is 9.48. The molecular weight excluding hydrogens is 264 g/mol. The Kier molecular flexibility index (Phi) is 4.26. The first-order chi connectivity index (χ1) is 9.70. The van der Waals surface area contributed by atoms with Crippen LogP contribution >= 0.6 is 0 Å². The van der Waals surface area contributed by atoms with E-state index in [1.807, 2.05) is 13.0 Å². The molecule has 0 radical (unpaired) electrons. The van der Waals surface area contributed by atoms with Crippen molar-refractivity contribution < 1.29 is 9.90 Å². The van der Waals surface area contributed by atoms with Gasteiger partial charge in [-0.05, 0) is 44.1 Å². The summed E-state index contributed by atoms with van der Waals surface area (Å²) in [6.07, 6.45) is 2.23. The lowest BCUT2D eigenvalue weighted by molar-refractivity contribution is 0.0696. The zero-order chi connectivity index (χ0) is 15.8. The highest BCUT2D eigenvalue weighted by Crippen LogP contribution is 2.36. The predicted octanol–water partition coefficient (Wildman–Crippen LogP) is 3.66. The highest BCUT2D eigenvalue weighted by atomic mass is 16.4. The fraction of sp³-hybridized carbons (Fsp3) is 0.647. The number of hydrogen-bond donors (Lipinski definition) is 1. The van der Waals surface area contributed by atoms with Crippen molar-refractivity contribution in [2.24, 2.45) is 11.3 Å². The monoisotopic (exact) mass is 290 g/mol. The second kappa shape index (κ2) is 5.66. The number of carbonyl (C=O) groups is 1. The summed E-state index contributed by atoms with van der Waals surface area (Å²) in [5.41, 5.74) is 3.00. The van der Waals surface area contributed by atoms with Crippen LogP contribution in [0.25, 0.3) is 0 Å². The molecule has 4 heteroatoms. The minimum absolute atomic E-state index is 0.325. The first kappa shape index (κ1) is 15.8. The van der Waals surface area contributed by atoms with Gasteiger partial charge in [0.05, 0.1) is 11.4 Å². The molecule has 1 aromatic rings. The first-order valence-corrected chi connectivity index (χ1v) is 7.66. The van der Waals surface area contributed by atoms with Gasteiger partial charge in [-0.1, -0.05) is 20.8 Å². The second-order valence-electron chi connectivity index (χ2n) is 7.18. The number of rotatable bonds is 2. The molecule has 21 heavy (non-hydrogen) atoms. The standard InChI is InChI=1S/C17H26N2O2/c1-11-10-14(15(16(20)21)12(2)18-11)19-8-6-13(7-9-19)17(3,4)5/h10,13H,6-9H2,1-5H3,(H,20,21). The molecule has 0 aliphatic carbocycles. The molecule has 0 amide bonds. The van der Waals surface area contributed by atoms with E-state index in [1.54, 1.807) is 6.92 Å². The summed E-state index contributed by atoms with van der Waals surface area (Å²) < 4.78 is 0. The van der Waals surface area contributed by atoms with Crippen LogP contribution in [0.4, 0.5) is 5.69 Å². The number of hydrogen-bond acceptors (Lipinski definition) is 3. The number of aromatic nitrogens is 1. The predicted molar refractivity (Wildman–Crippen MR) is 85.1 cm³/mol. The molecule has 2 rings (SSSR count). The van der Waals surface area contributed by atoms with Crippen molar-refractivity contribution in [2.75, 3.05) is 18.0 Å². The number of piperidine rings is 1. The Hall–Kier alpha value is -1.58. The van der Waals surface area contributed by atoms with E-state index >= 15 is 0 Å². The van der Waals surface area contributed by atoms with E-state index in [0.717, 1.165) is 37.3 Å². The van der Waals surface area contributed by atoms with E-state index in [-0.39, 0.29) is 0 Å². The second-order valence-corrected chi connectivity index (χ2v) is 7.18. The highest BCUT2D eigenvalue weighted by molar-refractivity contribution is 5.95. The summed E-state index contributed by atoms with van der Waals surface area (Å²) in [5.74, 6) is -0.181. The Bertz CT molecular complexity index is 538. The largest absolute Gasteiger partial charge is 0.478 e. The third-order valence-electron chi connectivity index (χ3n) is 4.58. The van der Waals surface area contributed by atoms with Gasteiger partial charge >= 0.3 is 5.97 Å². The van der Waals surface area contributed by atoms with Crippen LogP contribution < -0.4 is 4.90 Å². The lowest BCUT2D eigenvalue weighted by Gasteiger charge is -2.40. The molecule has 2 heterocycles. The fourth-order valence-corrected chi connectivity index (χ4v) is 3.31. The maximum Gasteiger partial charge on any atom is 0.339 e. The van der Waals surface area contributed by atoms with Gasteiger partial charge in [-0.2, -0.15) is 0 Å². The van der Waals surface area contributed by atoms with E-state index in [9.17, 15) is 9.90 Å². The molecule has 0 spiro atoms. The van der Waals surface area contributed by atoms with Gasteiger partial charge in [0.25, 0.3) is 0 Å². The summed E-state index contributed by atoms with van der Waals surface area (Å²) >= 11 is 0. The molecule has 0 saturated carbocycles. The van der Waals surface area contributed by atoms with Crippen LogP contribution in [0.15, 0.2) is 6.07 Å². The van der Waals surface area contributed by atoms with E-state index in [0.29, 0.717) is 22.6 Å². The summed E-state index contributed by atoms with van der Waals surface area (Å²) in [6, 6.07) is 1.91. The van der Waals surface area contributed by atoms with Crippen molar-refractivity contribution in [3.8, 4) is 0 Å². The van der Waals surface area contributed by atoms with Crippen LogP contribution in [-0.4, -0.2) is 29.1 Å². The minimum atomic E-state index is -0.882. The third-order valence-corrected chi connectivity index (χ3v) is 4.58. The normalized spacial score (nSPS) is 17.1. The van der Waals surface area contributed by atoms with Crippen LogP contribution in [-0.2, 0) is 0 Å². The van der Waals surface area contributed by atoms with Crippen molar-refractivity contribution >= 4 is 11.7 Å². The number of carboxylic acids is 1. The topological polar surface area (TPSA) is 53.4 Å². The van der Waals surface area contributed by atoms with E-state index in [2.05, 4.69) is 30.7 Å². The molecule has 1 fully saturated rings. The zero-order valence-electron chi connectivity index (χ0n) is 13.7. The van der Waals surface area contributed by atoms with Gasteiger partial charge in [0.2, 0.25) is 0 Å². The average Bonchev–Trinajstić information content (AvgIpc) is 2.36. The molecule has 1 saturated heterocycles. The van der Waals surface area contributed by atoms with Crippen molar-refractivity contribution in [1.29, 1.82) is 0 Å². The van der Waals surface area contributed by atoms with Crippen molar-refractivity contribution in [2.45, 2.75) is 47.5 Å². The van der Waals surface area contributed by atoms with Crippen LogP contribution in [0, 0.1) is 25.2 Å². The molecule has 4 nitrogen and oxygen atoms in total. The Labute approximate surface area is 127 Å². The Balaban J connectivity index is 2.26. The third kappa shape index (κ3) is 3.36. The number of anilines is 1. The van der Waals surface area contributed by atoms with Gasteiger partial charge in [-0.15, -0.1) is 0 Å². The molecule has 0 aromatic carbocycles. The molecule has 116 valence electrons. The van der Waals surface area contributed by atoms with Crippen LogP contribution in [0.2, 0.25) is 0 Å². The Morgan fingerprint density at radius 2 is 1.86 bits per heavy atom. The zero-order valence-corrected chi connectivity index (χ0v) is 13.7. The molecule has 0 atom stereocenters. The van der Waals surface area contributed by atoms with E-state index in [1.165, 1.54) is 0 Å². The number of nitrogens with zero attached hydrogens (tertiary/aromatic N) is 2. The van der Waals surface area contributed by atoms with Gasteiger partial charge in [-0.25, -0.2) is 4.79 Å². The average molecular weight is 290 g/mol. The van der Waals surface area contributed by atoms with Gasteiger partial charge < -0.3 is 10.0 Å². The Morgan fingerprint density at radius 1 is 1.29 bits per heavy atom. The maximum absolute atomic E-state index is 11.6. The van der Waals surface area contributed by atoms with Crippen LogP contribution in [0.3, 0.4) is 0 Å². The highest BCUT2D eigenvalue weighted by Gasteiger charge is 2.30. The van der Waals surface area contributed by atoms with Crippen LogP contribution in [0.1, 0.15) is 55.4 Å². The van der Waals surface area contributed by atoms with E-state index in [4.69, 9.17) is 0 Å². The fourth-order valence-electron chi connectivity index (χ4n) is 3.31. The molecular formula is C17H26N2O2. The summed E-state index contributed by atoms with van der Waals surface area (Å²) in [4.78, 5) is 18.1. The van der Waals surface area contributed by atoms with E-state index < -0.39 is 5.97 Å². The number of aryl methyl sites for hydroxylation is 2. The van der Waals surface area contributed by atoms with Gasteiger partial charge in [0, 0.05) is 18.8 Å². The number of carboxylic acid groups (broad SMARTS) is 1. The lowest BCUT2D eigenvalue weighted by Crippen LogP contribution is -2.38. The molecule has 1 aliphatic heterocycles. The molecule has 1 N–H and O–H groups in total. The lowest BCUT2D eigenvalue weighted by atomic mass is 9.75. The van der Waals surface area contributed by atoms with Crippen molar-refractivity contribution in [3.63, 3.8) is 0 Å². The SMILES string of the molecule is Cc1cc(N2CCC(C(C)(C)C)CC2)c(C(=O)O)c(C)n1.